The molecule has 0 amide bonds. The van der Waals surface area contributed by atoms with Crippen LogP contribution >= 0.6 is 0 Å². The Morgan fingerprint density at radius 3 is 2.67 bits per heavy atom. The number of hydrogen-bond acceptors (Lipinski definition) is 3. The number of ether oxygens (including phenoxy) is 1. The van der Waals surface area contributed by atoms with Gasteiger partial charge in [0.15, 0.2) is 0 Å². The zero-order valence-corrected chi connectivity index (χ0v) is 11.8. The highest BCUT2D eigenvalue weighted by Crippen LogP contribution is 2.51. The molecular weight excluding hydrogens is 224 g/mol. The van der Waals surface area contributed by atoms with Gasteiger partial charge in [-0.1, -0.05) is 13.8 Å². The van der Waals surface area contributed by atoms with Gasteiger partial charge < -0.3 is 15.8 Å². The lowest BCUT2D eigenvalue weighted by atomic mass is 10.1. The first-order chi connectivity index (χ1) is 8.38. The lowest BCUT2D eigenvalue weighted by molar-refractivity contribution is 0.244. The summed E-state index contributed by atoms with van der Waals surface area (Å²) >= 11 is 0. The third kappa shape index (κ3) is 3.09. The first kappa shape index (κ1) is 13.1. The van der Waals surface area contributed by atoms with E-state index in [9.17, 15) is 0 Å². The zero-order valence-electron chi connectivity index (χ0n) is 11.8. The fraction of sp³-hybridized carbons (Fsp3) is 0.600. The molecule has 0 spiro atoms. The van der Waals surface area contributed by atoms with Crippen molar-refractivity contribution in [3.63, 3.8) is 0 Å². The van der Waals surface area contributed by atoms with Gasteiger partial charge >= 0.3 is 0 Å². The van der Waals surface area contributed by atoms with Crippen LogP contribution in [0.1, 0.15) is 34.1 Å². The van der Waals surface area contributed by atoms with Crippen molar-refractivity contribution in [1.82, 2.24) is 0 Å². The molecule has 1 aromatic rings. The molecule has 1 saturated carbocycles. The van der Waals surface area contributed by atoms with E-state index in [1.165, 1.54) is 6.42 Å². The van der Waals surface area contributed by atoms with Crippen molar-refractivity contribution in [3.8, 4) is 5.75 Å². The third-order valence-electron chi connectivity index (χ3n) is 3.65. The zero-order chi connectivity index (χ0) is 13.3. The van der Waals surface area contributed by atoms with Crippen LogP contribution in [0.4, 0.5) is 11.4 Å². The molecular formula is C15H24N2O. The number of nitrogen functional groups attached to an aromatic ring is 1. The van der Waals surface area contributed by atoms with Gasteiger partial charge in [-0.3, -0.25) is 0 Å². The van der Waals surface area contributed by atoms with Crippen molar-refractivity contribution in [2.75, 3.05) is 17.6 Å². The molecule has 1 atom stereocenters. The number of benzene rings is 1. The van der Waals surface area contributed by atoms with Crippen molar-refractivity contribution in [1.29, 1.82) is 0 Å². The summed E-state index contributed by atoms with van der Waals surface area (Å²) in [6, 6.07) is 5.90. The maximum absolute atomic E-state index is 5.90. The van der Waals surface area contributed by atoms with Crippen LogP contribution in [0.5, 0.6) is 5.75 Å². The summed E-state index contributed by atoms with van der Waals surface area (Å²) in [7, 11) is 0. The molecule has 0 aromatic heterocycles. The van der Waals surface area contributed by atoms with Gasteiger partial charge in [-0.05, 0) is 43.7 Å². The van der Waals surface area contributed by atoms with E-state index >= 15 is 0 Å². The lowest BCUT2D eigenvalue weighted by Crippen LogP contribution is -2.10. The molecule has 2 rings (SSSR count). The van der Waals surface area contributed by atoms with Crippen molar-refractivity contribution in [2.45, 2.75) is 40.2 Å². The van der Waals surface area contributed by atoms with Crippen molar-refractivity contribution >= 4 is 11.4 Å². The summed E-state index contributed by atoms with van der Waals surface area (Å²) in [4.78, 5) is 0. The Balaban J connectivity index is 1.96. The van der Waals surface area contributed by atoms with Gasteiger partial charge in [0.25, 0.3) is 0 Å². The number of nitrogens with one attached hydrogen (secondary N) is 1. The van der Waals surface area contributed by atoms with Gasteiger partial charge in [0.05, 0.1) is 11.8 Å². The number of anilines is 2. The topological polar surface area (TPSA) is 47.3 Å². The van der Waals surface area contributed by atoms with Gasteiger partial charge in [-0.15, -0.1) is 0 Å². The molecule has 1 fully saturated rings. The second kappa shape index (κ2) is 4.71. The average Bonchev–Trinajstić information content (AvgIpc) is 2.87. The van der Waals surface area contributed by atoms with E-state index in [0.717, 1.165) is 23.9 Å². The standard InChI is InChI=1S/C15H24N2O/c1-10(2)18-14-7-12(5-6-13(14)16)17-9-11-8-15(11,3)4/h5-7,10-11,17H,8-9,16H2,1-4H3. The molecule has 3 heteroatoms. The van der Waals surface area contributed by atoms with Crippen LogP contribution in [-0.2, 0) is 0 Å². The molecule has 0 radical (unpaired) electrons. The Morgan fingerprint density at radius 2 is 2.11 bits per heavy atom. The van der Waals surface area contributed by atoms with Crippen molar-refractivity contribution < 1.29 is 4.74 Å². The first-order valence-corrected chi connectivity index (χ1v) is 6.68. The Hall–Kier alpha value is -1.38. The molecule has 0 aliphatic heterocycles. The van der Waals surface area contributed by atoms with E-state index in [4.69, 9.17) is 10.5 Å². The molecule has 1 aromatic carbocycles. The highest BCUT2D eigenvalue weighted by molar-refractivity contribution is 5.61. The van der Waals surface area contributed by atoms with Crippen LogP contribution in [0.3, 0.4) is 0 Å². The lowest BCUT2D eigenvalue weighted by Gasteiger charge is -2.14. The minimum absolute atomic E-state index is 0.143. The molecule has 0 saturated heterocycles. The minimum atomic E-state index is 0.143. The maximum atomic E-state index is 5.90. The van der Waals surface area contributed by atoms with E-state index < -0.39 is 0 Å². The fourth-order valence-electron chi connectivity index (χ4n) is 2.17. The van der Waals surface area contributed by atoms with Gasteiger partial charge in [0, 0.05) is 18.3 Å². The quantitative estimate of drug-likeness (QED) is 0.784. The summed E-state index contributed by atoms with van der Waals surface area (Å²) in [6.45, 7) is 9.67. The van der Waals surface area contributed by atoms with Crippen LogP contribution in [0.15, 0.2) is 18.2 Å². The van der Waals surface area contributed by atoms with Gasteiger partial charge in [0.1, 0.15) is 5.75 Å². The number of nitrogens with two attached hydrogens (primary N) is 1. The Kier molecular flexibility index (Phi) is 3.42. The normalized spacial score (nSPS) is 20.8. The van der Waals surface area contributed by atoms with E-state index in [2.05, 4.69) is 19.2 Å². The van der Waals surface area contributed by atoms with Crippen LogP contribution in [-0.4, -0.2) is 12.6 Å². The molecule has 1 aliphatic carbocycles. The van der Waals surface area contributed by atoms with E-state index in [1.54, 1.807) is 0 Å². The third-order valence-corrected chi connectivity index (χ3v) is 3.65. The largest absolute Gasteiger partial charge is 0.489 e. The Bertz CT molecular complexity index is 427. The van der Waals surface area contributed by atoms with Crippen molar-refractivity contribution in [3.05, 3.63) is 18.2 Å². The molecule has 3 N–H and O–H groups in total. The van der Waals surface area contributed by atoms with Crippen LogP contribution in [0, 0.1) is 11.3 Å². The SMILES string of the molecule is CC(C)Oc1cc(NCC2CC2(C)C)ccc1N. The van der Waals surface area contributed by atoms with Crippen molar-refractivity contribution in [2.24, 2.45) is 11.3 Å². The van der Waals surface area contributed by atoms with E-state index in [1.807, 2.05) is 32.0 Å². The monoisotopic (exact) mass is 248 g/mol. The van der Waals surface area contributed by atoms with Crippen LogP contribution in [0.25, 0.3) is 0 Å². The number of hydrogen-bond donors (Lipinski definition) is 2. The smallest absolute Gasteiger partial charge is 0.144 e. The maximum Gasteiger partial charge on any atom is 0.144 e. The molecule has 3 nitrogen and oxygen atoms in total. The summed E-state index contributed by atoms with van der Waals surface area (Å²) in [5.74, 6) is 1.55. The number of rotatable bonds is 5. The molecule has 100 valence electrons. The second-order valence-corrected chi connectivity index (χ2v) is 6.19. The van der Waals surface area contributed by atoms with Crippen LogP contribution in [0.2, 0.25) is 0 Å². The van der Waals surface area contributed by atoms with Gasteiger partial charge in [0.2, 0.25) is 0 Å². The summed E-state index contributed by atoms with van der Waals surface area (Å²) in [5.41, 5.74) is 8.19. The molecule has 0 bridgehead atoms. The summed E-state index contributed by atoms with van der Waals surface area (Å²) in [5, 5.41) is 3.47. The Labute approximate surface area is 110 Å². The highest BCUT2D eigenvalue weighted by atomic mass is 16.5. The highest BCUT2D eigenvalue weighted by Gasteiger charge is 2.44. The van der Waals surface area contributed by atoms with E-state index in [0.29, 0.717) is 11.1 Å². The molecule has 1 aliphatic rings. The predicted molar refractivity (Wildman–Crippen MR) is 77.0 cm³/mol. The van der Waals surface area contributed by atoms with Gasteiger partial charge in [-0.2, -0.15) is 0 Å². The molecule has 0 heterocycles. The summed E-state index contributed by atoms with van der Waals surface area (Å²) < 4.78 is 5.68. The summed E-state index contributed by atoms with van der Waals surface area (Å²) in [6.07, 6.45) is 1.45. The van der Waals surface area contributed by atoms with Gasteiger partial charge in [-0.25, -0.2) is 0 Å². The second-order valence-electron chi connectivity index (χ2n) is 6.19. The molecule has 18 heavy (non-hydrogen) atoms. The Morgan fingerprint density at radius 1 is 1.44 bits per heavy atom. The van der Waals surface area contributed by atoms with Crippen LogP contribution < -0.4 is 15.8 Å². The van der Waals surface area contributed by atoms with E-state index in [-0.39, 0.29) is 6.10 Å². The first-order valence-electron chi connectivity index (χ1n) is 6.68. The predicted octanol–water partition coefficient (Wildman–Crippen LogP) is 3.51. The fourth-order valence-corrected chi connectivity index (χ4v) is 2.17. The minimum Gasteiger partial charge on any atom is -0.489 e. The average molecular weight is 248 g/mol. The molecule has 1 unspecified atom stereocenters.